The SMILES string of the molecule is O=C(O)C1(COCc2ccccc2)CCCNC1. The fourth-order valence-electron chi connectivity index (χ4n) is 2.27. The Morgan fingerprint density at radius 2 is 2.17 bits per heavy atom. The molecule has 1 aliphatic rings. The predicted octanol–water partition coefficient (Wildman–Crippen LogP) is 1.66. The summed E-state index contributed by atoms with van der Waals surface area (Å²) in [6.45, 7) is 2.13. The zero-order valence-electron chi connectivity index (χ0n) is 10.4. The van der Waals surface area contributed by atoms with Gasteiger partial charge in [-0.15, -0.1) is 0 Å². The Hall–Kier alpha value is -1.39. The topological polar surface area (TPSA) is 58.6 Å². The van der Waals surface area contributed by atoms with Gasteiger partial charge < -0.3 is 15.2 Å². The molecule has 98 valence electrons. The molecule has 0 bridgehead atoms. The van der Waals surface area contributed by atoms with Crippen LogP contribution in [-0.2, 0) is 16.1 Å². The van der Waals surface area contributed by atoms with Crippen molar-refractivity contribution in [2.45, 2.75) is 19.4 Å². The van der Waals surface area contributed by atoms with Crippen molar-refractivity contribution < 1.29 is 14.6 Å². The maximum atomic E-state index is 11.4. The molecule has 1 atom stereocenters. The van der Waals surface area contributed by atoms with E-state index in [0.29, 0.717) is 19.6 Å². The van der Waals surface area contributed by atoms with E-state index in [4.69, 9.17) is 4.74 Å². The van der Waals surface area contributed by atoms with E-state index in [1.165, 1.54) is 0 Å². The summed E-state index contributed by atoms with van der Waals surface area (Å²) in [6, 6.07) is 9.81. The molecule has 0 saturated carbocycles. The van der Waals surface area contributed by atoms with E-state index in [1.54, 1.807) is 0 Å². The van der Waals surface area contributed by atoms with Crippen LogP contribution in [0, 0.1) is 5.41 Å². The van der Waals surface area contributed by atoms with Crippen LogP contribution < -0.4 is 5.32 Å². The number of aliphatic carboxylic acids is 1. The van der Waals surface area contributed by atoms with E-state index in [-0.39, 0.29) is 6.61 Å². The van der Waals surface area contributed by atoms with Gasteiger partial charge in [0.25, 0.3) is 0 Å². The van der Waals surface area contributed by atoms with E-state index in [0.717, 1.165) is 18.5 Å². The molecule has 2 N–H and O–H groups in total. The van der Waals surface area contributed by atoms with Crippen molar-refractivity contribution in [3.63, 3.8) is 0 Å². The number of carboxylic acids is 1. The van der Waals surface area contributed by atoms with Gasteiger partial charge in [-0.1, -0.05) is 30.3 Å². The van der Waals surface area contributed by atoms with E-state index >= 15 is 0 Å². The molecule has 0 radical (unpaired) electrons. The molecule has 1 aliphatic heterocycles. The third-order valence-electron chi connectivity index (χ3n) is 3.42. The highest BCUT2D eigenvalue weighted by Crippen LogP contribution is 2.27. The zero-order chi connectivity index (χ0) is 12.8. The summed E-state index contributed by atoms with van der Waals surface area (Å²) >= 11 is 0. The number of carboxylic acid groups (broad SMARTS) is 1. The number of nitrogens with one attached hydrogen (secondary N) is 1. The summed E-state index contributed by atoms with van der Waals surface area (Å²) in [7, 11) is 0. The minimum absolute atomic E-state index is 0.268. The Morgan fingerprint density at radius 3 is 2.78 bits per heavy atom. The van der Waals surface area contributed by atoms with Crippen LogP contribution in [0.25, 0.3) is 0 Å². The largest absolute Gasteiger partial charge is 0.481 e. The summed E-state index contributed by atoms with van der Waals surface area (Å²) in [4.78, 5) is 11.4. The lowest BCUT2D eigenvalue weighted by Crippen LogP contribution is -2.48. The third kappa shape index (κ3) is 3.09. The first kappa shape index (κ1) is 13.1. The van der Waals surface area contributed by atoms with Gasteiger partial charge in [-0.3, -0.25) is 4.79 Å². The minimum atomic E-state index is -0.761. The smallest absolute Gasteiger partial charge is 0.313 e. The highest BCUT2D eigenvalue weighted by Gasteiger charge is 2.40. The van der Waals surface area contributed by atoms with Crippen LogP contribution in [0.3, 0.4) is 0 Å². The Morgan fingerprint density at radius 1 is 1.39 bits per heavy atom. The van der Waals surface area contributed by atoms with Crippen molar-refractivity contribution in [2.24, 2.45) is 5.41 Å². The second kappa shape index (κ2) is 5.98. The van der Waals surface area contributed by atoms with Crippen molar-refractivity contribution in [1.29, 1.82) is 0 Å². The molecule has 1 saturated heterocycles. The molecule has 0 amide bonds. The fourth-order valence-corrected chi connectivity index (χ4v) is 2.27. The first-order chi connectivity index (χ1) is 8.73. The number of carbonyl (C=O) groups is 1. The molecule has 1 aromatic carbocycles. The van der Waals surface area contributed by atoms with Crippen molar-refractivity contribution in [3.05, 3.63) is 35.9 Å². The summed E-state index contributed by atoms with van der Waals surface area (Å²) in [5.41, 5.74) is 0.314. The maximum absolute atomic E-state index is 11.4. The summed E-state index contributed by atoms with van der Waals surface area (Å²) in [5, 5.41) is 12.5. The van der Waals surface area contributed by atoms with E-state index in [9.17, 15) is 9.90 Å². The average molecular weight is 249 g/mol. The van der Waals surface area contributed by atoms with Crippen LogP contribution in [-0.4, -0.2) is 30.8 Å². The van der Waals surface area contributed by atoms with Crippen molar-refractivity contribution >= 4 is 5.97 Å². The third-order valence-corrected chi connectivity index (χ3v) is 3.42. The van der Waals surface area contributed by atoms with Gasteiger partial charge in [0.15, 0.2) is 0 Å². The molecular formula is C14H19NO3. The lowest BCUT2D eigenvalue weighted by molar-refractivity contribution is -0.154. The minimum Gasteiger partial charge on any atom is -0.481 e. The lowest BCUT2D eigenvalue weighted by atomic mass is 9.81. The Labute approximate surface area is 107 Å². The second-order valence-corrected chi connectivity index (χ2v) is 4.84. The van der Waals surface area contributed by atoms with Gasteiger partial charge in [0.1, 0.15) is 5.41 Å². The van der Waals surface area contributed by atoms with E-state index in [1.807, 2.05) is 30.3 Å². The van der Waals surface area contributed by atoms with Crippen LogP contribution in [0.1, 0.15) is 18.4 Å². The summed E-state index contributed by atoms with van der Waals surface area (Å²) in [6.07, 6.45) is 1.57. The first-order valence-electron chi connectivity index (χ1n) is 6.29. The number of rotatable bonds is 5. The van der Waals surface area contributed by atoms with Crippen molar-refractivity contribution in [1.82, 2.24) is 5.32 Å². The highest BCUT2D eigenvalue weighted by atomic mass is 16.5. The van der Waals surface area contributed by atoms with Crippen LogP contribution >= 0.6 is 0 Å². The van der Waals surface area contributed by atoms with Gasteiger partial charge >= 0.3 is 5.97 Å². The van der Waals surface area contributed by atoms with Crippen molar-refractivity contribution in [2.75, 3.05) is 19.7 Å². The molecule has 0 spiro atoms. The Balaban J connectivity index is 1.88. The molecule has 4 nitrogen and oxygen atoms in total. The number of piperidine rings is 1. The predicted molar refractivity (Wildman–Crippen MR) is 68.3 cm³/mol. The second-order valence-electron chi connectivity index (χ2n) is 4.84. The summed E-state index contributed by atoms with van der Waals surface area (Å²) < 4.78 is 5.60. The summed E-state index contributed by atoms with van der Waals surface area (Å²) in [5.74, 6) is -0.761. The van der Waals surface area contributed by atoms with E-state index < -0.39 is 11.4 Å². The number of benzene rings is 1. The average Bonchev–Trinajstić information content (AvgIpc) is 2.41. The first-order valence-corrected chi connectivity index (χ1v) is 6.29. The van der Waals surface area contributed by atoms with Gasteiger partial charge in [-0.2, -0.15) is 0 Å². The van der Waals surface area contributed by atoms with Gasteiger partial charge in [0.2, 0.25) is 0 Å². The van der Waals surface area contributed by atoms with Crippen LogP contribution in [0.15, 0.2) is 30.3 Å². The molecule has 2 rings (SSSR count). The lowest BCUT2D eigenvalue weighted by Gasteiger charge is -2.33. The van der Waals surface area contributed by atoms with Gasteiger partial charge in [0, 0.05) is 6.54 Å². The molecule has 18 heavy (non-hydrogen) atoms. The number of hydrogen-bond acceptors (Lipinski definition) is 3. The van der Waals surface area contributed by atoms with Crippen LogP contribution in [0.2, 0.25) is 0 Å². The fraction of sp³-hybridized carbons (Fsp3) is 0.500. The molecule has 4 heteroatoms. The number of hydrogen-bond donors (Lipinski definition) is 2. The highest BCUT2D eigenvalue weighted by molar-refractivity contribution is 5.75. The van der Waals surface area contributed by atoms with E-state index in [2.05, 4.69) is 5.32 Å². The standard InChI is InChI=1S/C14H19NO3/c16-13(17)14(7-4-8-15-10-14)11-18-9-12-5-2-1-3-6-12/h1-3,5-6,15H,4,7-11H2,(H,16,17). The molecule has 1 unspecified atom stereocenters. The molecule has 0 aliphatic carbocycles. The molecule has 1 fully saturated rings. The molecule has 1 heterocycles. The Kier molecular flexibility index (Phi) is 4.33. The van der Waals surface area contributed by atoms with Gasteiger partial charge in [0.05, 0.1) is 13.2 Å². The molecular weight excluding hydrogens is 230 g/mol. The van der Waals surface area contributed by atoms with Crippen LogP contribution in [0.5, 0.6) is 0 Å². The molecule has 0 aromatic heterocycles. The number of ether oxygens (including phenoxy) is 1. The Bertz CT molecular complexity index is 385. The normalized spacial score (nSPS) is 23.8. The van der Waals surface area contributed by atoms with Crippen LogP contribution in [0.4, 0.5) is 0 Å². The molecule has 1 aromatic rings. The maximum Gasteiger partial charge on any atom is 0.313 e. The van der Waals surface area contributed by atoms with Gasteiger partial charge in [-0.05, 0) is 24.9 Å². The van der Waals surface area contributed by atoms with Crippen molar-refractivity contribution in [3.8, 4) is 0 Å². The zero-order valence-corrected chi connectivity index (χ0v) is 10.4. The van der Waals surface area contributed by atoms with Gasteiger partial charge in [-0.25, -0.2) is 0 Å². The monoisotopic (exact) mass is 249 g/mol. The quantitative estimate of drug-likeness (QED) is 0.833.